The molecule has 3 heteroatoms. The first-order valence-electron chi connectivity index (χ1n) is 6.26. The maximum Gasteiger partial charge on any atom is 0.126 e. The van der Waals surface area contributed by atoms with Crippen LogP contribution in [0.25, 0.3) is 0 Å². The fourth-order valence-corrected chi connectivity index (χ4v) is 1.98. The average molecular weight is 261 g/mol. The van der Waals surface area contributed by atoms with E-state index < -0.39 is 0 Å². The van der Waals surface area contributed by atoms with Crippen molar-refractivity contribution in [3.63, 3.8) is 0 Å². The highest BCUT2D eigenvalue weighted by molar-refractivity contribution is 5.52. The van der Waals surface area contributed by atoms with Gasteiger partial charge < -0.3 is 5.32 Å². The second-order valence-corrected chi connectivity index (χ2v) is 4.83. The summed E-state index contributed by atoms with van der Waals surface area (Å²) in [5.74, 6) is -0.459. The van der Waals surface area contributed by atoms with Gasteiger partial charge in [0.05, 0.1) is 0 Å². The molecule has 0 radical (unpaired) electrons. The monoisotopic (exact) mass is 261 g/mol. The van der Waals surface area contributed by atoms with E-state index in [1.165, 1.54) is 18.2 Å². The zero-order valence-electron chi connectivity index (χ0n) is 11.3. The molecule has 0 fully saturated rings. The van der Waals surface area contributed by atoms with Crippen molar-refractivity contribution < 1.29 is 8.78 Å². The van der Waals surface area contributed by atoms with Crippen LogP contribution in [-0.4, -0.2) is 0 Å². The number of rotatable bonds is 3. The van der Waals surface area contributed by atoms with Gasteiger partial charge in [-0.05, 0) is 61.7 Å². The molecule has 2 aromatic carbocycles. The van der Waals surface area contributed by atoms with Crippen molar-refractivity contribution in [2.45, 2.75) is 26.8 Å². The first kappa shape index (κ1) is 13.5. The summed E-state index contributed by atoms with van der Waals surface area (Å²) in [5.41, 5.74) is 3.19. The highest BCUT2D eigenvalue weighted by atomic mass is 19.1. The maximum atomic E-state index is 13.5. The van der Waals surface area contributed by atoms with Crippen LogP contribution in [0, 0.1) is 25.5 Å². The SMILES string of the molecule is Cc1ccc(C(C)Nc2ccc(F)cc2C)cc1F. The van der Waals surface area contributed by atoms with Gasteiger partial charge in [-0.25, -0.2) is 8.78 Å². The summed E-state index contributed by atoms with van der Waals surface area (Å²) in [6, 6.07) is 9.74. The zero-order valence-corrected chi connectivity index (χ0v) is 11.3. The molecule has 0 spiro atoms. The minimum Gasteiger partial charge on any atom is -0.378 e. The van der Waals surface area contributed by atoms with Gasteiger partial charge in [-0.3, -0.25) is 0 Å². The molecule has 1 unspecified atom stereocenters. The van der Waals surface area contributed by atoms with Gasteiger partial charge in [-0.15, -0.1) is 0 Å². The average Bonchev–Trinajstić information content (AvgIpc) is 2.36. The smallest absolute Gasteiger partial charge is 0.126 e. The van der Waals surface area contributed by atoms with E-state index >= 15 is 0 Å². The van der Waals surface area contributed by atoms with E-state index in [2.05, 4.69) is 5.32 Å². The van der Waals surface area contributed by atoms with Gasteiger partial charge >= 0.3 is 0 Å². The molecule has 0 aliphatic rings. The molecule has 19 heavy (non-hydrogen) atoms. The summed E-state index contributed by atoms with van der Waals surface area (Å²) >= 11 is 0. The van der Waals surface area contributed by atoms with Crippen molar-refractivity contribution in [3.05, 3.63) is 64.7 Å². The highest BCUT2D eigenvalue weighted by Gasteiger charge is 2.09. The molecule has 1 nitrogen and oxygen atoms in total. The number of hydrogen-bond acceptors (Lipinski definition) is 1. The summed E-state index contributed by atoms with van der Waals surface area (Å²) in [6.07, 6.45) is 0. The predicted molar refractivity (Wildman–Crippen MR) is 74.3 cm³/mol. The Bertz CT molecular complexity index is 593. The molecule has 2 rings (SSSR count). The molecule has 0 bridgehead atoms. The van der Waals surface area contributed by atoms with Crippen molar-refractivity contribution in [3.8, 4) is 0 Å². The van der Waals surface area contributed by atoms with E-state index in [0.717, 1.165) is 16.8 Å². The fourth-order valence-electron chi connectivity index (χ4n) is 1.98. The molecule has 1 N–H and O–H groups in total. The number of halogens is 2. The van der Waals surface area contributed by atoms with Crippen LogP contribution < -0.4 is 5.32 Å². The molecule has 0 aliphatic carbocycles. The van der Waals surface area contributed by atoms with Gasteiger partial charge in [-0.1, -0.05) is 12.1 Å². The van der Waals surface area contributed by atoms with E-state index in [-0.39, 0.29) is 17.7 Å². The fraction of sp³-hybridized carbons (Fsp3) is 0.250. The Balaban J connectivity index is 2.20. The van der Waals surface area contributed by atoms with E-state index in [1.807, 2.05) is 19.9 Å². The molecule has 0 aromatic heterocycles. The van der Waals surface area contributed by atoms with E-state index in [1.54, 1.807) is 19.1 Å². The molecular weight excluding hydrogens is 244 g/mol. The number of aryl methyl sites for hydroxylation is 2. The molecule has 0 aliphatic heterocycles. The van der Waals surface area contributed by atoms with Crippen LogP contribution in [0.4, 0.5) is 14.5 Å². The van der Waals surface area contributed by atoms with Crippen molar-refractivity contribution >= 4 is 5.69 Å². The van der Waals surface area contributed by atoms with Crippen molar-refractivity contribution in [1.82, 2.24) is 0 Å². The molecule has 0 amide bonds. The lowest BCUT2D eigenvalue weighted by Crippen LogP contribution is -2.08. The van der Waals surface area contributed by atoms with Gasteiger partial charge in [0.1, 0.15) is 11.6 Å². The normalized spacial score (nSPS) is 12.3. The van der Waals surface area contributed by atoms with E-state index in [4.69, 9.17) is 0 Å². The molecular formula is C16H17F2N. The minimum atomic E-state index is -0.253. The Morgan fingerprint density at radius 1 is 0.947 bits per heavy atom. The Morgan fingerprint density at radius 2 is 1.68 bits per heavy atom. The van der Waals surface area contributed by atoms with Gasteiger partial charge in [0.25, 0.3) is 0 Å². The van der Waals surface area contributed by atoms with Crippen LogP contribution in [0.3, 0.4) is 0 Å². The third kappa shape index (κ3) is 3.11. The third-order valence-corrected chi connectivity index (χ3v) is 3.26. The minimum absolute atomic E-state index is 0.0424. The Kier molecular flexibility index (Phi) is 3.84. The summed E-state index contributed by atoms with van der Waals surface area (Å²) < 4.78 is 26.6. The lowest BCUT2D eigenvalue weighted by molar-refractivity contribution is 0.614. The van der Waals surface area contributed by atoms with Gasteiger partial charge in [0.15, 0.2) is 0 Å². The molecule has 2 aromatic rings. The van der Waals surface area contributed by atoms with Crippen molar-refractivity contribution in [2.24, 2.45) is 0 Å². The van der Waals surface area contributed by atoms with Gasteiger partial charge in [0.2, 0.25) is 0 Å². The standard InChI is InChI=1S/C16H17F2N/c1-10-4-5-13(9-15(10)18)12(3)19-16-7-6-14(17)8-11(16)2/h4-9,12,19H,1-3H3. The second-order valence-electron chi connectivity index (χ2n) is 4.83. The van der Waals surface area contributed by atoms with Crippen molar-refractivity contribution in [2.75, 3.05) is 5.32 Å². The van der Waals surface area contributed by atoms with Crippen LogP contribution >= 0.6 is 0 Å². The van der Waals surface area contributed by atoms with Crippen LogP contribution in [0.1, 0.15) is 29.7 Å². The summed E-state index contributed by atoms with van der Waals surface area (Å²) in [7, 11) is 0. The largest absolute Gasteiger partial charge is 0.378 e. The lowest BCUT2D eigenvalue weighted by atomic mass is 10.0. The van der Waals surface area contributed by atoms with Gasteiger partial charge in [0, 0.05) is 11.7 Å². The Hall–Kier alpha value is -1.90. The maximum absolute atomic E-state index is 13.5. The number of benzene rings is 2. The van der Waals surface area contributed by atoms with E-state index in [9.17, 15) is 8.78 Å². The predicted octanol–water partition coefficient (Wildman–Crippen LogP) is 4.75. The Morgan fingerprint density at radius 3 is 2.32 bits per heavy atom. The number of nitrogens with one attached hydrogen (secondary N) is 1. The summed E-state index contributed by atoms with van der Waals surface area (Å²) in [4.78, 5) is 0. The first-order valence-corrected chi connectivity index (χ1v) is 6.26. The first-order chi connectivity index (χ1) is 8.97. The Labute approximate surface area is 112 Å². The van der Waals surface area contributed by atoms with Crippen LogP contribution in [0.2, 0.25) is 0 Å². The van der Waals surface area contributed by atoms with Gasteiger partial charge in [-0.2, -0.15) is 0 Å². The second kappa shape index (κ2) is 5.39. The lowest BCUT2D eigenvalue weighted by Gasteiger charge is -2.18. The van der Waals surface area contributed by atoms with E-state index in [0.29, 0.717) is 5.56 Å². The number of hydrogen-bond donors (Lipinski definition) is 1. The summed E-state index contributed by atoms with van der Waals surface area (Å²) in [6.45, 7) is 5.53. The molecule has 0 saturated heterocycles. The molecule has 0 saturated carbocycles. The van der Waals surface area contributed by atoms with Crippen molar-refractivity contribution in [1.29, 1.82) is 0 Å². The molecule has 0 heterocycles. The van der Waals surface area contributed by atoms with Crippen LogP contribution in [0.5, 0.6) is 0 Å². The van der Waals surface area contributed by atoms with Crippen LogP contribution in [0.15, 0.2) is 36.4 Å². The number of anilines is 1. The zero-order chi connectivity index (χ0) is 14.0. The quantitative estimate of drug-likeness (QED) is 0.840. The summed E-state index contributed by atoms with van der Waals surface area (Å²) in [5, 5.41) is 3.27. The molecule has 100 valence electrons. The third-order valence-electron chi connectivity index (χ3n) is 3.26. The highest BCUT2D eigenvalue weighted by Crippen LogP contribution is 2.23. The molecule has 1 atom stereocenters. The topological polar surface area (TPSA) is 12.0 Å². The van der Waals surface area contributed by atoms with Crippen LogP contribution in [-0.2, 0) is 0 Å².